The van der Waals surface area contributed by atoms with Crippen LogP contribution < -0.4 is 14.9 Å². The first-order valence-corrected chi connectivity index (χ1v) is 11.7. The van der Waals surface area contributed by atoms with Crippen molar-refractivity contribution in [2.45, 2.75) is 30.7 Å². The molecule has 32 heavy (non-hydrogen) atoms. The number of carbonyl (C=O) groups excluding carboxylic acids is 3. The van der Waals surface area contributed by atoms with Gasteiger partial charge in [0.1, 0.15) is 6.04 Å². The molecular weight excluding hydrogens is 458 g/mol. The molecule has 0 spiro atoms. The Morgan fingerprint density at radius 2 is 1.94 bits per heavy atom. The quantitative estimate of drug-likeness (QED) is 0.560. The highest BCUT2D eigenvalue weighted by molar-refractivity contribution is 7.92. The molecule has 2 amide bonds. The second-order valence-electron chi connectivity index (χ2n) is 6.96. The second-order valence-corrected chi connectivity index (χ2v) is 9.23. The molecular formula is C21H22ClN3O6S. The molecule has 1 atom stereocenters. The first-order chi connectivity index (χ1) is 15.2. The van der Waals surface area contributed by atoms with Crippen LogP contribution in [0.15, 0.2) is 53.4 Å². The number of amides is 2. The lowest BCUT2D eigenvalue weighted by Crippen LogP contribution is -2.36. The zero-order valence-corrected chi connectivity index (χ0v) is 18.8. The number of nitrogens with one attached hydrogen (secondary N) is 2. The zero-order valence-electron chi connectivity index (χ0n) is 17.2. The van der Waals surface area contributed by atoms with Gasteiger partial charge in [0, 0.05) is 13.0 Å². The summed E-state index contributed by atoms with van der Waals surface area (Å²) >= 11 is 6.12. The standard InChI is InChI=1S/C21H22ClN3O6S/c1-2-25(14-6-4-3-5-7-14)32(29,30)15-8-9-16(22)18(12-15)24-20(27)13-31-21(28)17-10-11-19(26)23-17/h3-9,12,17H,2,10-11,13H2,1H3,(H,23,26)(H,24,27). The fourth-order valence-electron chi connectivity index (χ4n) is 3.19. The van der Waals surface area contributed by atoms with E-state index in [0.29, 0.717) is 12.1 Å². The number of sulfonamides is 1. The van der Waals surface area contributed by atoms with E-state index in [2.05, 4.69) is 10.6 Å². The maximum absolute atomic E-state index is 13.2. The predicted octanol–water partition coefficient (Wildman–Crippen LogP) is 2.32. The average Bonchev–Trinajstić information content (AvgIpc) is 3.21. The highest BCUT2D eigenvalue weighted by Gasteiger charge is 2.29. The van der Waals surface area contributed by atoms with E-state index in [1.807, 2.05) is 0 Å². The monoisotopic (exact) mass is 479 g/mol. The molecule has 1 fully saturated rings. The Morgan fingerprint density at radius 1 is 1.22 bits per heavy atom. The lowest BCUT2D eigenvalue weighted by atomic mass is 10.2. The summed E-state index contributed by atoms with van der Waals surface area (Å²) < 4.78 is 32.5. The Kier molecular flexibility index (Phi) is 7.37. The zero-order chi connectivity index (χ0) is 23.3. The number of esters is 1. The Labute approximate surface area is 190 Å². The molecule has 3 rings (SSSR count). The summed E-state index contributed by atoms with van der Waals surface area (Å²) in [6.07, 6.45) is 0.529. The number of benzene rings is 2. The van der Waals surface area contributed by atoms with Gasteiger partial charge >= 0.3 is 5.97 Å². The summed E-state index contributed by atoms with van der Waals surface area (Å²) in [6.45, 7) is 1.30. The second kappa shape index (κ2) is 10.0. The predicted molar refractivity (Wildman–Crippen MR) is 119 cm³/mol. The van der Waals surface area contributed by atoms with Crippen molar-refractivity contribution in [3.05, 3.63) is 53.6 Å². The van der Waals surface area contributed by atoms with Gasteiger partial charge in [0.2, 0.25) is 5.91 Å². The van der Waals surface area contributed by atoms with Crippen molar-refractivity contribution in [2.75, 3.05) is 22.8 Å². The minimum Gasteiger partial charge on any atom is -0.454 e. The van der Waals surface area contributed by atoms with Crippen LogP contribution >= 0.6 is 11.6 Å². The molecule has 1 aliphatic rings. The van der Waals surface area contributed by atoms with Crippen molar-refractivity contribution in [3.63, 3.8) is 0 Å². The molecule has 0 aliphatic carbocycles. The fraction of sp³-hybridized carbons (Fsp3) is 0.286. The molecule has 2 aromatic carbocycles. The molecule has 0 radical (unpaired) electrons. The van der Waals surface area contributed by atoms with E-state index < -0.39 is 34.5 Å². The van der Waals surface area contributed by atoms with E-state index >= 15 is 0 Å². The van der Waals surface area contributed by atoms with Crippen molar-refractivity contribution < 1.29 is 27.5 Å². The van der Waals surface area contributed by atoms with E-state index in [-0.39, 0.29) is 34.5 Å². The minimum absolute atomic E-state index is 0.0615. The average molecular weight is 480 g/mol. The van der Waals surface area contributed by atoms with Gasteiger partial charge in [0.05, 0.1) is 21.3 Å². The number of ether oxygens (including phenoxy) is 1. The van der Waals surface area contributed by atoms with Gasteiger partial charge in [0.25, 0.3) is 15.9 Å². The highest BCUT2D eigenvalue weighted by Crippen LogP contribution is 2.29. The van der Waals surface area contributed by atoms with E-state index in [0.717, 1.165) is 0 Å². The van der Waals surface area contributed by atoms with Crippen molar-refractivity contribution in [3.8, 4) is 0 Å². The van der Waals surface area contributed by atoms with Gasteiger partial charge in [-0.1, -0.05) is 29.8 Å². The number of halogens is 1. The van der Waals surface area contributed by atoms with E-state index in [1.165, 1.54) is 22.5 Å². The summed E-state index contributed by atoms with van der Waals surface area (Å²) in [5.41, 5.74) is 0.563. The van der Waals surface area contributed by atoms with Gasteiger partial charge in [0.15, 0.2) is 6.61 Å². The van der Waals surface area contributed by atoms with E-state index in [1.54, 1.807) is 37.3 Å². The third-order valence-corrected chi connectivity index (χ3v) is 6.99. The SMILES string of the molecule is CCN(c1ccccc1)S(=O)(=O)c1ccc(Cl)c(NC(=O)COC(=O)C2CCC(=O)N2)c1. The third kappa shape index (κ3) is 5.38. The van der Waals surface area contributed by atoms with Crippen LogP contribution in [-0.2, 0) is 29.1 Å². The number of hydrogen-bond acceptors (Lipinski definition) is 6. The van der Waals surface area contributed by atoms with Crippen molar-refractivity contribution in [2.24, 2.45) is 0 Å². The summed E-state index contributed by atoms with van der Waals surface area (Å²) in [4.78, 5) is 35.3. The molecule has 170 valence electrons. The molecule has 0 bridgehead atoms. The topological polar surface area (TPSA) is 122 Å². The van der Waals surface area contributed by atoms with Crippen LogP contribution in [0.3, 0.4) is 0 Å². The van der Waals surface area contributed by atoms with E-state index in [4.69, 9.17) is 16.3 Å². The summed E-state index contributed by atoms with van der Waals surface area (Å²) in [5, 5.41) is 5.03. The molecule has 2 aromatic rings. The van der Waals surface area contributed by atoms with Crippen LogP contribution in [0.1, 0.15) is 19.8 Å². The molecule has 2 N–H and O–H groups in total. The van der Waals surface area contributed by atoms with Crippen LogP contribution in [0.2, 0.25) is 5.02 Å². The number of nitrogens with zero attached hydrogens (tertiary/aromatic N) is 1. The lowest BCUT2D eigenvalue weighted by molar-refractivity contribution is -0.149. The van der Waals surface area contributed by atoms with Crippen molar-refractivity contribution >= 4 is 50.8 Å². The number of rotatable bonds is 8. The fourth-order valence-corrected chi connectivity index (χ4v) is 4.85. The molecule has 0 aromatic heterocycles. The Bertz CT molecular complexity index is 1120. The third-order valence-electron chi connectivity index (χ3n) is 4.76. The molecule has 1 heterocycles. The molecule has 1 unspecified atom stereocenters. The lowest BCUT2D eigenvalue weighted by Gasteiger charge is -2.23. The van der Waals surface area contributed by atoms with Gasteiger partial charge in [-0.2, -0.15) is 0 Å². The van der Waals surface area contributed by atoms with Crippen LogP contribution in [0.5, 0.6) is 0 Å². The summed E-state index contributed by atoms with van der Waals surface area (Å²) in [5.74, 6) is -1.66. The van der Waals surface area contributed by atoms with Crippen LogP contribution in [0.4, 0.5) is 11.4 Å². The van der Waals surface area contributed by atoms with Crippen LogP contribution in [0, 0.1) is 0 Å². The van der Waals surface area contributed by atoms with Crippen LogP contribution in [0.25, 0.3) is 0 Å². The molecule has 0 saturated carbocycles. The maximum atomic E-state index is 13.2. The smallest absolute Gasteiger partial charge is 0.329 e. The van der Waals surface area contributed by atoms with Crippen LogP contribution in [-0.4, -0.2) is 45.4 Å². The number of carbonyl (C=O) groups is 3. The number of para-hydroxylation sites is 1. The summed E-state index contributed by atoms with van der Waals surface area (Å²) in [6, 6.07) is 11.8. The molecule has 9 nitrogen and oxygen atoms in total. The van der Waals surface area contributed by atoms with Gasteiger partial charge in [-0.25, -0.2) is 13.2 Å². The molecule has 1 saturated heterocycles. The Morgan fingerprint density at radius 3 is 2.56 bits per heavy atom. The molecule has 11 heteroatoms. The molecule has 1 aliphatic heterocycles. The van der Waals surface area contributed by atoms with Crippen molar-refractivity contribution in [1.82, 2.24) is 5.32 Å². The Hall–Kier alpha value is -3.11. The van der Waals surface area contributed by atoms with Crippen molar-refractivity contribution in [1.29, 1.82) is 0 Å². The van der Waals surface area contributed by atoms with Gasteiger partial charge in [-0.15, -0.1) is 0 Å². The summed E-state index contributed by atoms with van der Waals surface area (Å²) in [7, 11) is -3.92. The highest BCUT2D eigenvalue weighted by atomic mass is 35.5. The normalized spacial score (nSPS) is 15.7. The largest absolute Gasteiger partial charge is 0.454 e. The number of hydrogen-bond donors (Lipinski definition) is 2. The maximum Gasteiger partial charge on any atom is 0.329 e. The number of anilines is 2. The minimum atomic E-state index is -3.92. The van der Waals surface area contributed by atoms with E-state index in [9.17, 15) is 22.8 Å². The first kappa shape index (κ1) is 23.6. The van der Waals surface area contributed by atoms with Gasteiger partial charge < -0.3 is 15.4 Å². The van der Waals surface area contributed by atoms with Gasteiger partial charge in [-0.05, 0) is 43.7 Å². The Balaban J connectivity index is 1.71. The van der Waals surface area contributed by atoms with Gasteiger partial charge in [-0.3, -0.25) is 13.9 Å². The first-order valence-electron chi connectivity index (χ1n) is 9.85.